The molecule has 0 spiro atoms. The molecule has 4 nitrogen and oxygen atoms in total. The van der Waals surface area contributed by atoms with Crippen molar-refractivity contribution in [1.29, 1.82) is 5.26 Å². The first kappa shape index (κ1) is 13.7. The van der Waals surface area contributed by atoms with Crippen molar-refractivity contribution < 1.29 is 8.42 Å². The summed E-state index contributed by atoms with van der Waals surface area (Å²) in [4.78, 5) is 0.241. The number of hydrogen-bond donors (Lipinski definition) is 1. The lowest BCUT2D eigenvalue weighted by Gasteiger charge is -2.12. The maximum atomic E-state index is 12.0. The fraction of sp³-hybridized carbons (Fsp3) is 0.417. The van der Waals surface area contributed by atoms with Crippen LogP contribution in [0.2, 0.25) is 0 Å². The normalized spacial score (nSPS) is 13.1. The van der Waals surface area contributed by atoms with Crippen molar-refractivity contribution >= 4 is 10.0 Å². The van der Waals surface area contributed by atoms with E-state index in [1.165, 1.54) is 0 Å². The van der Waals surface area contributed by atoms with E-state index in [0.717, 1.165) is 11.1 Å². The van der Waals surface area contributed by atoms with Crippen molar-refractivity contribution in [3.63, 3.8) is 0 Å². The second-order valence-electron chi connectivity index (χ2n) is 4.13. The summed E-state index contributed by atoms with van der Waals surface area (Å²) in [5.74, 6) is 0. The first-order valence-electron chi connectivity index (χ1n) is 5.33. The lowest BCUT2D eigenvalue weighted by molar-refractivity contribution is 0.563. The maximum absolute atomic E-state index is 12.0. The zero-order valence-corrected chi connectivity index (χ0v) is 11.0. The standard InChI is InChI=1S/C12H16N2O2S/c1-9-4-5-12(8-10(9)2)17(15,16)14-11(3)6-7-13/h4-5,8,11,14H,6H2,1-3H3. The van der Waals surface area contributed by atoms with Crippen LogP contribution in [0.4, 0.5) is 0 Å². The molecule has 0 saturated carbocycles. The van der Waals surface area contributed by atoms with Crippen molar-refractivity contribution in [3.8, 4) is 6.07 Å². The summed E-state index contributed by atoms with van der Waals surface area (Å²) in [6.07, 6.45) is 0.157. The number of benzene rings is 1. The summed E-state index contributed by atoms with van der Waals surface area (Å²) in [7, 11) is -3.52. The molecule has 0 radical (unpaired) electrons. The van der Waals surface area contributed by atoms with Crippen LogP contribution >= 0.6 is 0 Å². The molecular weight excluding hydrogens is 236 g/mol. The minimum Gasteiger partial charge on any atom is -0.207 e. The van der Waals surface area contributed by atoms with Crippen LogP contribution in [0.25, 0.3) is 0 Å². The zero-order valence-electron chi connectivity index (χ0n) is 10.2. The van der Waals surface area contributed by atoms with E-state index in [1.54, 1.807) is 25.1 Å². The minimum atomic E-state index is -3.52. The molecule has 1 aromatic rings. The lowest BCUT2D eigenvalue weighted by Crippen LogP contribution is -2.32. The summed E-state index contributed by atoms with van der Waals surface area (Å²) in [6, 6.07) is 6.54. The van der Waals surface area contributed by atoms with Gasteiger partial charge in [0.1, 0.15) is 0 Å². The molecule has 1 atom stereocenters. The van der Waals surface area contributed by atoms with Crippen molar-refractivity contribution in [3.05, 3.63) is 29.3 Å². The highest BCUT2D eigenvalue weighted by atomic mass is 32.2. The molecule has 0 saturated heterocycles. The molecule has 1 rings (SSSR count). The van der Waals surface area contributed by atoms with E-state index >= 15 is 0 Å². The van der Waals surface area contributed by atoms with Gasteiger partial charge in [-0.3, -0.25) is 0 Å². The van der Waals surface area contributed by atoms with Crippen LogP contribution in [-0.4, -0.2) is 14.5 Å². The molecule has 5 heteroatoms. The number of nitrogens with zero attached hydrogens (tertiary/aromatic N) is 1. The third-order valence-corrected chi connectivity index (χ3v) is 4.13. The first-order chi connectivity index (χ1) is 7.86. The monoisotopic (exact) mass is 252 g/mol. The van der Waals surface area contributed by atoms with Crippen LogP contribution in [0.1, 0.15) is 24.5 Å². The Bertz CT molecular complexity index is 544. The van der Waals surface area contributed by atoms with Gasteiger partial charge in [-0.05, 0) is 44.0 Å². The summed E-state index contributed by atoms with van der Waals surface area (Å²) in [5.41, 5.74) is 1.98. The van der Waals surface area contributed by atoms with E-state index in [4.69, 9.17) is 5.26 Å². The van der Waals surface area contributed by atoms with E-state index < -0.39 is 10.0 Å². The highest BCUT2D eigenvalue weighted by molar-refractivity contribution is 7.89. The van der Waals surface area contributed by atoms with Gasteiger partial charge in [0.05, 0.1) is 17.4 Å². The number of aryl methyl sites for hydroxylation is 2. The third kappa shape index (κ3) is 3.55. The van der Waals surface area contributed by atoms with E-state index in [9.17, 15) is 8.42 Å². The quantitative estimate of drug-likeness (QED) is 0.889. The second kappa shape index (κ2) is 5.30. The molecule has 1 unspecified atom stereocenters. The first-order valence-corrected chi connectivity index (χ1v) is 6.81. The van der Waals surface area contributed by atoms with Gasteiger partial charge in [-0.15, -0.1) is 0 Å². The molecule has 1 N–H and O–H groups in total. The Morgan fingerprint density at radius 2 is 2.00 bits per heavy atom. The molecule has 0 bridgehead atoms. The fourth-order valence-electron chi connectivity index (χ4n) is 1.39. The lowest BCUT2D eigenvalue weighted by atomic mass is 10.1. The van der Waals surface area contributed by atoms with Crippen molar-refractivity contribution in [1.82, 2.24) is 4.72 Å². The molecule has 17 heavy (non-hydrogen) atoms. The van der Waals surface area contributed by atoms with E-state index in [0.29, 0.717) is 0 Å². The van der Waals surface area contributed by atoms with Crippen LogP contribution < -0.4 is 4.72 Å². The number of rotatable bonds is 4. The average molecular weight is 252 g/mol. The van der Waals surface area contributed by atoms with Gasteiger partial charge in [0, 0.05) is 6.04 Å². The number of nitrogens with one attached hydrogen (secondary N) is 1. The van der Waals surface area contributed by atoms with Crippen LogP contribution in [0, 0.1) is 25.2 Å². The smallest absolute Gasteiger partial charge is 0.207 e. The Morgan fingerprint density at radius 1 is 1.35 bits per heavy atom. The Balaban J connectivity index is 2.98. The molecule has 0 aromatic heterocycles. The highest BCUT2D eigenvalue weighted by Crippen LogP contribution is 2.15. The van der Waals surface area contributed by atoms with Gasteiger partial charge in [0.2, 0.25) is 10.0 Å². The summed E-state index contributed by atoms with van der Waals surface area (Å²) >= 11 is 0. The number of sulfonamides is 1. The van der Waals surface area contributed by atoms with E-state index in [1.807, 2.05) is 19.9 Å². The van der Waals surface area contributed by atoms with Gasteiger partial charge in [-0.1, -0.05) is 6.07 Å². The Morgan fingerprint density at radius 3 is 2.53 bits per heavy atom. The van der Waals surface area contributed by atoms with E-state index in [2.05, 4.69) is 4.72 Å². The number of hydrogen-bond acceptors (Lipinski definition) is 3. The molecule has 0 aliphatic rings. The maximum Gasteiger partial charge on any atom is 0.240 e. The van der Waals surface area contributed by atoms with Crippen LogP contribution in [-0.2, 0) is 10.0 Å². The molecule has 0 fully saturated rings. The molecule has 0 aliphatic heterocycles. The van der Waals surface area contributed by atoms with E-state index in [-0.39, 0.29) is 17.4 Å². The Kier molecular flexibility index (Phi) is 4.27. The predicted molar refractivity (Wildman–Crippen MR) is 65.9 cm³/mol. The van der Waals surface area contributed by atoms with Crippen LogP contribution in [0.5, 0.6) is 0 Å². The van der Waals surface area contributed by atoms with Gasteiger partial charge in [-0.25, -0.2) is 13.1 Å². The van der Waals surface area contributed by atoms with Crippen LogP contribution in [0.3, 0.4) is 0 Å². The zero-order chi connectivity index (χ0) is 13.1. The largest absolute Gasteiger partial charge is 0.240 e. The predicted octanol–water partition coefficient (Wildman–Crippen LogP) is 1.88. The van der Waals surface area contributed by atoms with Gasteiger partial charge in [0.25, 0.3) is 0 Å². The Labute approximate surface area is 102 Å². The molecule has 92 valence electrons. The van der Waals surface area contributed by atoms with Crippen molar-refractivity contribution in [2.75, 3.05) is 0 Å². The number of nitriles is 1. The van der Waals surface area contributed by atoms with Gasteiger partial charge >= 0.3 is 0 Å². The Hall–Kier alpha value is -1.38. The third-order valence-electron chi connectivity index (χ3n) is 2.54. The average Bonchev–Trinajstić information content (AvgIpc) is 2.21. The highest BCUT2D eigenvalue weighted by Gasteiger charge is 2.17. The minimum absolute atomic E-state index is 0.157. The van der Waals surface area contributed by atoms with Gasteiger partial charge in [0.15, 0.2) is 0 Å². The topological polar surface area (TPSA) is 70.0 Å². The van der Waals surface area contributed by atoms with Crippen molar-refractivity contribution in [2.24, 2.45) is 0 Å². The molecule has 1 aromatic carbocycles. The summed E-state index contributed by atoms with van der Waals surface area (Å²) < 4.78 is 26.4. The van der Waals surface area contributed by atoms with Gasteiger partial charge in [-0.2, -0.15) is 5.26 Å². The molecular formula is C12H16N2O2S. The van der Waals surface area contributed by atoms with Crippen molar-refractivity contribution in [2.45, 2.75) is 38.1 Å². The molecule has 0 aliphatic carbocycles. The molecule has 0 amide bonds. The summed E-state index contributed by atoms with van der Waals surface area (Å²) in [6.45, 7) is 5.46. The van der Waals surface area contributed by atoms with Gasteiger partial charge < -0.3 is 0 Å². The van der Waals surface area contributed by atoms with Crippen LogP contribution in [0.15, 0.2) is 23.1 Å². The fourth-order valence-corrected chi connectivity index (χ4v) is 2.72. The summed E-state index contributed by atoms with van der Waals surface area (Å²) in [5, 5.41) is 8.50. The molecule has 0 heterocycles. The second-order valence-corrected chi connectivity index (χ2v) is 5.84. The SMILES string of the molecule is Cc1ccc(S(=O)(=O)NC(C)CC#N)cc1C.